The zero-order valence-corrected chi connectivity index (χ0v) is 12.1. The Morgan fingerprint density at radius 2 is 1.79 bits per heavy atom. The van der Waals surface area contributed by atoms with Crippen LogP contribution in [0.15, 0.2) is 0 Å². The summed E-state index contributed by atoms with van der Waals surface area (Å²) in [6, 6.07) is 0. The monoisotopic (exact) mass is 282 g/mol. The fourth-order valence-electron chi connectivity index (χ4n) is 2.58. The summed E-state index contributed by atoms with van der Waals surface area (Å²) in [5.74, 6) is -0.375. The number of pyridine rings is 1. The Morgan fingerprint density at radius 1 is 1.21 bits per heavy atom. The molecular formula is C14H19ClN2O2. The van der Waals surface area contributed by atoms with Crippen LogP contribution >= 0.6 is 11.6 Å². The molecule has 4 nitrogen and oxygen atoms in total. The number of nitrogens with zero attached hydrogens (tertiary/aromatic N) is 2. The van der Waals surface area contributed by atoms with Crippen LogP contribution in [0.4, 0.5) is 5.82 Å². The SMILES string of the molecule is Cc1nc(N2CCCCCC2)c(C(=O)O)c(C)c1Cl. The van der Waals surface area contributed by atoms with Crippen LogP contribution in [0.5, 0.6) is 0 Å². The van der Waals surface area contributed by atoms with Gasteiger partial charge in [-0.2, -0.15) is 0 Å². The minimum absolute atomic E-state index is 0.248. The Hall–Kier alpha value is -1.29. The summed E-state index contributed by atoms with van der Waals surface area (Å²) in [7, 11) is 0. The molecule has 0 radical (unpaired) electrons. The summed E-state index contributed by atoms with van der Waals surface area (Å²) in [6.07, 6.45) is 4.57. The minimum atomic E-state index is -0.953. The number of carbonyl (C=O) groups is 1. The van der Waals surface area contributed by atoms with Crippen LogP contribution in [-0.2, 0) is 0 Å². The van der Waals surface area contributed by atoms with E-state index in [2.05, 4.69) is 9.88 Å². The van der Waals surface area contributed by atoms with Crippen LogP contribution in [0.25, 0.3) is 0 Å². The van der Waals surface area contributed by atoms with Crippen molar-refractivity contribution in [3.05, 3.63) is 21.8 Å². The van der Waals surface area contributed by atoms with Crippen LogP contribution < -0.4 is 4.90 Å². The lowest BCUT2D eigenvalue weighted by molar-refractivity contribution is 0.0696. The highest BCUT2D eigenvalue weighted by Gasteiger charge is 2.23. The molecule has 19 heavy (non-hydrogen) atoms. The van der Waals surface area contributed by atoms with Crippen LogP contribution in [0.3, 0.4) is 0 Å². The molecule has 0 aliphatic carbocycles. The van der Waals surface area contributed by atoms with E-state index in [0.717, 1.165) is 25.9 Å². The second-order valence-corrected chi connectivity index (χ2v) is 5.42. The molecule has 1 aliphatic heterocycles. The van der Waals surface area contributed by atoms with Gasteiger partial charge < -0.3 is 10.0 Å². The molecule has 1 saturated heterocycles. The molecule has 0 amide bonds. The van der Waals surface area contributed by atoms with E-state index in [-0.39, 0.29) is 5.56 Å². The van der Waals surface area contributed by atoms with Gasteiger partial charge in [-0.05, 0) is 32.3 Å². The molecule has 1 aromatic heterocycles. The molecule has 1 fully saturated rings. The second-order valence-electron chi connectivity index (χ2n) is 5.04. The van der Waals surface area contributed by atoms with Crippen molar-refractivity contribution in [2.24, 2.45) is 0 Å². The maximum atomic E-state index is 11.5. The van der Waals surface area contributed by atoms with E-state index in [1.807, 2.05) is 6.92 Å². The average Bonchev–Trinajstić information content (AvgIpc) is 2.63. The quantitative estimate of drug-likeness (QED) is 0.903. The van der Waals surface area contributed by atoms with Gasteiger partial charge in [0.05, 0.1) is 10.7 Å². The van der Waals surface area contributed by atoms with Crippen molar-refractivity contribution < 1.29 is 9.90 Å². The van der Waals surface area contributed by atoms with Crippen molar-refractivity contribution in [1.29, 1.82) is 0 Å². The van der Waals surface area contributed by atoms with Crippen LogP contribution in [-0.4, -0.2) is 29.1 Å². The normalized spacial score (nSPS) is 16.3. The zero-order chi connectivity index (χ0) is 14.0. The Morgan fingerprint density at radius 3 is 2.32 bits per heavy atom. The number of aromatic carboxylic acids is 1. The van der Waals surface area contributed by atoms with Gasteiger partial charge in [-0.1, -0.05) is 24.4 Å². The van der Waals surface area contributed by atoms with Gasteiger partial charge in [0, 0.05) is 13.1 Å². The first-order valence-corrected chi connectivity index (χ1v) is 7.05. The number of anilines is 1. The first-order chi connectivity index (χ1) is 9.02. The van der Waals surface area contributed by atoms with E-state index in [9.17, 15) is 9.90 Å². The summed E-state index contributed by atoms with van der Waals surface area (Å²) >= 11 is 6.13. The van der Waals surface area contributed by atoms with Gasteiger partial charge in [0.15, 0.2) is 0 Å². The third kappa shape index (κ3) is 2.84. The number of hydrogen-bond donors (Lipinski definition) is 1. The summed E-state index contributed by atoms with van der Waals surface area (Å²) in [5.41, 5.74) is 1.56. The minimum Gasteiger partial charge on any atom is -0.478 e. The molecule has 1 aromatic rings. The zero-order valence-electron chi connectivity index (χ0n) is 11.4. The Kier molecular flexibility index (Phi) is 4.30. The fraction of sp³-hybridized carbons (Fsp3) is 0.571. The molecule has 0 atom stereocenters. The summed E-state index contributed by atoms with van der Waals surface area (Å²) in [6.45, 7) is 5.31. The van der Waals surface area contributed by atoms with Crippen LogP contribution in [0.1, 0.15) is 47.3 Å². The molecule has 104 valence electrons. The molecule has 0 unspecified atom stereocenters. The summed E-state index contributed by atoms with van der Waals surface area (Å²) in [5, 5.41) is 9.89. The van der Waals surface area contributed by atoms with E-state index in [1.165, 1.54) is 12.8 Å². The molecule has 2 heterocycles. The number of aryl methyl sites for hydroxylation is 1. The molecule has 2 rings (SSSR count). The van der Waals surface area contributed by atoms with Gasteiger partial charge in [-0.25, -0.2) is 9.78 Å². The Bertz CT molecular complexity index is 495. The molecular weight excluding hydrogens is 264 g/mol. The van der Waals surface area contributed by atoms with E-state index in [0.29, 0.717) is 22.1 Å². The van der Waals surface area contributed by atoms with Gasteiger partial charge in [-0.15, -0.1) is 0 Å². The van der Waals surface area contributed by atoms with Gasteiger partial charge in [0.25, 0.3) is 0 Å². The van der Waals surface area contributed by atoms with Crippen LogP contribution in [0, 0.1) is 13.8 Å². The van der Waals surface area contributed by atoms with Crippen molar-refractivity contribution in [2.75, 3.05) is 18.0 Å². The highest BCUT2D eigenvalue weighted by atomic mass is 35.5. The average molecular weight is 283 g/mol. The Labute approximate surface area is 118 Å². The smallest absolute Gasteiger partial charge is 0.339 e. The molecule has 1 N–H and O–H groups in total. The maximum Gasteiger partial charge on any atom is 0.339 e. The highest BCUT2D eigenvalue weighted by Crippen LogP contribution is 2.30. The molecule has 0 spiro atoms. The number of rotatable bonds is 2. The van der Waals surface area contributed by atoms with Crippen molar-refractivity contribution in [2.45, 2.75) is 39.5 Å². The van der Waals surface area contributed by atoms with E-state index >= 15 is 0 Å². The van der Waals surface area contributed by atoms with Gasteiger partial charge >= 0.3 is 5.97 Å². The number of carboxylic acids is 1. The lowest BCUT2D eigenvalue weighted by Crippen LogP contribution is -2.28. The molecule has 0 saturated carbocycles. The standard InChI is InChI=1S/C14H19ClN2O2/c1-9-11(14(18)19)13(16-10(2)12(9)15)17-7-5-3-4-6-8-17/h3-8H2,1-2H3,(H,18,19). The lowest BCUT2D eigenvalue weighted by atomic mass is 10.1. The molecule has 1 aliphatic rings. The van der Waals surface area contributed by atoms with Crippen molar-refractivity contribution in [3.8, 4) is 0 Å². The summed E-state index contributed by atoms with van der Waals surface area (Å²) < 4.78 is 0. The van der Waals surface area contributed by atoms with E-state index in [1.54, 1.807) is 6.92 Å². The van der Waals surface area contributed by atoms with Crippen molar-refractivity contribution in [1.82, 2.24) is 4.98 Å². The van der Waals surface area contributed by atoms with Crippen LogP contribution in [0.2, 0.25) is 5.02 Å². The van der Waals surface area contributed by atoms with E-state index < -0.39 is 5.97 Å². The topological polar surface area (TPSA) is 53.4 Å². The molecule has 0 bridgehead atoms. The largest absolute Gasteiger partial charge is 0.478 e. The number of hydrogen-bond acceptors (Lipinski definition) is 3. The van der Waals surface area contributed by atoms with Gasteiger partial charge in [0.2, 0.25) is 0 Å². The predicted molar refractivity (Wildman–Crippen MR) is 76.4 cm³/mol. The van der Waals surface area contributed by atoms with Gasteiger partial charge in [-0.3, -0.25) is 0 Å². The fourth-order valence-corrected chi connectivity index (χ4v) is 2.72. The first kappa shape index (κ1) is 14.1. The van der Waals surface area contributed by atoms with Gasteiger partial charge in [0.1, 0.15) is 11.4 Å². The molecule has 0 aromatic carbocycles. The summed E-state index contributed by atoms with van der Waals surface area (Å²) in [4.78, 5) is 18.0. The van der Waals surface area contributed by atoms with Crippen molar-refractivity contribution in [3.63, 3.8) is 0 Å². The maximum absolute atomic E-state index is 11.5. The third-order valence-electron chi connectivity index (χ3n) is 3.64. The second kappa shape index (κ2) is 5.78. The number of aromatic nitrogens is 1. The van der Waals surface area contributed by atoms with Crippen molar-refractivity contribution >= 4 is 23.4 Å². The highest BCUT2D eigenvalue weighted by molar-refractivity contribution is 6.32. The lowest BCUT2D eigenvalue weighted by Gasteiger charge is -2.25. The predicted octanol–water partition coefficient (Wildman–Crippen LogP) is 3.43. The Balaban J connectivity index is 2.51. The number of carboxylic acid groups (broad SMARTS) is 1. The molecule has 5 heteroatoms. The third-order valence-corrected chi connectivity index (χ3v) is 4.20. The number of halogens is 1. The van der Waals surface area contributed by atoms with E-state index in [4.69, 9.17) is 11.6 Å². The first-order valence-electron chi connectivity index (χ1n) is 6.67.